The molecule has 5 nitrogen and oxygen atoms in total. The zero-order chi connectivity index (χ0) is 17.9. The molecule has 1 N–H and O–H groups in total. The van der Waals surface area contributed by atoms with Crippen LogP contribution in [0.2, 0.25) is 0 Å². The Hall–Kier alpha value is -2.76. The Morgan fingerprint density at radius 1 is 1.04 bits per heavy atom. The highest BCUT2D eigenvalue weighted by atomic mass is 19.1. The molecule has 0 saturated heterocycles. The maximum atomic E-state index is 13.4. The lowest BCUT2D eigenvalue weighted by molar-refractivity contribution is 0.380. The molecule has 0 bridgehead atoms. The molecule has 2 heterocycles. The van der Waals surface area contributed by atoms with Gasteiger partial charge >= 0.3 is 6.01 Å². The van der Waals surface area contributed by atoms with Crippen molar-refractivity contribution in [1.29, 1.82) is 0 Å². The Morgan fingerprint density at radius 2 is 1.81 bits per heavy atom. The number of hydrogen-bond acceptors (Lipinski definition) is 4. The van der Waals surface area contributed by atoms with Crippen LogP contribution in [0.25, 0.3) is 22.6 Å². The van der Waals surface area contributed by atoms with E-state index in [2.05, 4.69) is 15.0 Å². The first-order valence-electron chi connectivity index (χ1n) is 8.98. The molecule has 0 spiro atoms. The summed E-state index contributed by atoms with van der Waals surface area (Å²) in [4.78, 5) is 16.9. The van der Waals surface area contributed by atoms with Crippen LogP contribution >= 0.6 is 0 Å². The molecule has 1 aliphatic rings. The minimum absolute atomic E-state index is 0.262. The number of rotatable bonds is 4. The van der Waals surface area contributed by atoms with Crippen molar-refractivity contribution in [3.05, 3.63) is 48.2 Å². The Morgan fingerprint density at radius 3 is 2.54 bits per heavy atom. The molecule has 1 saturated carbocycles. The topological polar surface area (TPSA) is 63.7 Å². The maximum Gasteiger partial charge on any atom is 0.316 e. The summed E-state index contributed by atoms with van der Waals surface area (Å²) in [6.45, 7) is 0. The zero-order valence-electron chi connectivity index (χ0n) is 14.7. The van der Waals surface area contributed by atoms with Crippen molar-refractivity contribution < 1.29 is 9.13 Å². The van der Waals surface area contributed by atoms with Crippen molar-refractivity contribution >= 4 is 0 Å². The van der Waals surface area contributed by atoms with E-state index in [1.54, 1.807) is 25.4 Å². The molecule has 134 valence electrons. The van der Waals surface area contributed by atoms with Crippen LogP contribution in [0.1, 0.15) is 43.8 Å². The second kappa shape index (κ2) is 7.23. The van der Waals surface area contributed by atoms with E-state index in [0.717, 1.165) is 35.6 Å². The predicted molar refractivity (Wildman–Crippen MR) is 97.4 cm³/mol. The third-order valence-corrected chi connectivity index (χ3v) is 4.90. The van der Waals surface area contributed by atoms with Crippen LogP contribution in [0.4, 0.5) is 4.39 Å². The van der Waals surface area contributed by atoms with Crippen molar-refractivity contribution in [3.63, 3.8) is 0 Å². The minimum Gasteiger partial charge on any atom is -0.467 e. The summed E-state index contributed by atoms with van der Waals surface area (Å²) in [6.07, 6.45) is 7.70. The molecule has 0 radical (unpaired) electrons. The van der Waals surface area contributed by atoms with Gasteiger partial charge in [0.25, 0.3) is 0 Å². The highest BCUT2D eigenvalue weighted by Crippen LogP contribution is 2.36. The van der Waals surface area contributed by atoms with E-state index in [1.165, 1.54) is 31.4 Å². The van der Waals surface area contributed by atoms with Gasteiger partial charge in [-0.05, 0) is 43.2 Å². The number of aromatic nitrogens is 4. The lowest BCUT2D eigenvalue weighted by Crippen LogP contribution is -2.06. The number of imidazole rings is 1. The normalized spacial score (nSPS) is 15.2. The Bertz CT molecular complexity index is 885. The number of H-pyrrole nitrogens is 1. The quantitative estimate of drug-likeness (QED) is 0.737. The van der Waals surface area contributed by atoms with E-state index in [4.69, 9.17) is 9.72 Å². The fourth-order valence-corrected chi connectivity index (χ4v) is 3.54. The highest BCUT2D eigenvalue weighted by molar-refractivity contribution is 5.76. The van der Waals surface area contributed by atoms with Crippen LogP contribution in [-0.2, 0) is 0 Å². The van der Waals surface area contributed by atoms with Gasteiger partial charge in [-0.25, -0.2) is 14.4 Å². The fraction of sp³-hybridized carbons (Fsp3) is 0.350. The summed E-state index contributed by atoms with van der Waals surface area (Å²) in [7, 11) is 1.54. The Labute approximate surface area is 151 Å². The van der Waals surface area contributed by atoms with Crippen LogP contribution in [0, 0.1) is 5.82 Å². The van der Waals surface area contributed by atoms with E-state index in [0.29, 0.717) is 17.6 Å². The number of nitrogens with one attached hydrogen (secondary N) is 1. The van der Waals surface area contributed by atoms with Gasteiger partial charge < -0.3 is 9.72 Å². The second-order valence-electron chi connectivity index (χ2n) is 6.62. The molecule has 1 aliphatic carbocycles. The number of methoxy groups -OCH3 is 1. The summed E-state index contributed by atoms with van der Waals surface area (Å²) < 4.78 is 18.5. The number of hydrogen-bond donors (Lipinski definition) is 1. The van der Waals surface area contributed by atoms with Gasteiger partial charge in [-0.1, -0.05) is 19.3 Å². The first-order valence-corrected chi connectivity index (χ1v) is 8.98. The fourth-order valence-electron chi connectivity index (χ4n) is 3.54. The van der Waals surface area contributed by atoms with E-state index >= 15 is 0 Å². The predicted octanol–water partition coefficient (Wildman–Crippen LogP) is 4.73. The van der Waals surface area contributed by atoms with Crippen LogP contribution in [0.15, 0.2) is 36.5 Å². The first-order chi connectivity index (χ1) is 12.7. The van der Waals surface area contributed by atoms with E-state index in [9.17, 15) is 4.39 Å². The van der Waals surface area contributed by atoms with E-state index in [-0.39, 0.29) is 5.82 Å². The van der Waals surface area contributed by atoms with Gasteiger partial charge in [0.05, 0.1) is 24.2 Å². The van der Waals surface area contributed by atoms with E-state index in [1.807, 2.05) is 6.07 Å². The Kier molecular flexibility index (Phi) is 4.65. The highest BCUT2D eigenvalue weighted by Gasteiger charge is 2.23. The van der Waals surface area contributed by atoms with Crippen LogP contribution < -0.4 is 4.74 Å². The largest absolute Gasteiger partial charge is 0.467 e. The third-order valence-electron chi connectivity index (χ3n) is 4.90. The van der Waals surface area contributed by atoms with Crippen LogP contribution in [0.5, 0.6) is 6.01 Å². The molecule has 0 unspecified atom stereocenters. The van der Waals surface area contributed by atoms with Gasteiger partial charge in [-0.3, -0.25) is 0 Å². The van der Waals surface area contributed by atoms with Crippen molar-refractivity contribution in [3.8, 4) is 28.7 Å². The van der Waals surface area contributed by atoms with Gasteiger partial charge in [0.1, 0.15) is 11.6 Å². The van der Waals surface area contributed by atoms with Crippen molar-refractivity contribution in [2.75, 3.05) is 7.11 Å². The number of aromatic amines is 1. The standard InChI is InChI=1S/C20H21FN4O/c1-26-20-22-12-11-16(23-20)18-17(13-7-9-15(21)10-8-13)24-19(25-18)14-5-3-2-4-6-14/h7-12,14H,2-6H2,1H3,(H,24,25). The smallest absolute Gasteiger partial charge is 0.316 e. The van der Waals surface area contributed by atoms with Crippen LogP contribution in [-0.4, -0.2) is 27.0 Å². The summed E-state index contributed by atoms with van der Waals surface area (Å²) in [6, 6.07) is 8.54. The van der Waals surface area contributed by atoms with Gasteiger partial charge in [-0.15, -0.1) is 0 Å². The zero-order valence-corrected chi connectivity index (χ0v) is 14.7. The Balaban J connectivity index is 1.81. The number of halogens is 1. The monoisotopic (exact) mass is 352 g/mol. The van der Waals surface area contributed by atoms with Crippen molar-refractivity contribution in [2.24, 2.45) is 0 Å². The average Bonchev–Trinajstić information content (AvgIpc) is 3.15. The molecule has 0 aliphatic heterocycles. The molecule has 6 heteroatoms. The summed E-state index contributed by atoms with van der Waals surface area (Å²) in [5, 5.41) is 0. The minimum atomic E-state index is -0.262. The molecule has 4 rings (SSSR count). The third kappa shape index (κ3) is 3.31. The van der Waals surface area contributed by atoms with Crippen molar-refractivity contribution in [2.45, 2.75) is 38.0 Å². The molecule has 1 fully saturated rings. The number of nitrogens with zero attached hydrogens (tertiary/aromatic N) is 3. The summed E-state index contributed by atoms with van der Waals surface area (Å²) >= 11 is 0. The maximum absolute atomic E-state index is 13.4. The molecule has 26 heavy (non-hydrogen) atoms. The number of ether oxygens (including phenoxy) is 1. The van der Waals surface area contributed by atoms with Gasteiger partial charge in [-0.2, -0.15) is 4.98 Å². The molecule has 0 amide bonds. The molecule has 3 aromatic rings. The van der Waals surface area contributed by atoms with Crippen LogP contribution in [0.3, 0.4) is 0 Å². The summed E-state index contributed by atoms with van der Waals surface area (Å²) in [5.41, 5.74) is 3.17. The average molecular weight is 352 g/mol. The van der Waals surface area contributed by atoms with Gasteiger partial charge in [0, 0.05) is 17.7 Å². The van der Waals surface area contributed by atoms with Crippen molar-refractivity contribution in [1.82, 2.24) is 19.9 Å². The second-order valence-corrected chi connectivity index (χ2v) is 6.62. The first kappa shape index (κ1) is 16.7. The molecule has 0 atom stereocenters. The van der Waals surface area contributed by atoms with Gasteiger partial charge in [0.15, 0.2) is 0 Å². The summed E-state index contributed by atoms with van der Waals surface area (Å²) in [5.74, 6) is 1.15. The molecule has 2 aromatic heterocycles. The molecular formula is C20H21FN4O. The SMILES string of the molecule is COc1nccc(-c2[nH]c(C3CCCCC3)nc2-c2ccc(F)cc2)n1. The molecule has 1 aromatic carbocycles. The lowest BCUT2D eigenvalue weighted by Gasteiger charge is -2.19. The number of benzene rings is 1. The molecular weight excluding hydrogens is 331 g/mol. The van der Waals surface area contributed by atoms with Gasteiger partial charge in [0.2, 0.25) is 0 Å². The lowest BCUT2D eigenvalue weighted by atomic mass is 9.89. The van der Waals surface area contributed by atoms with E-state index < -0.39 is 0 Å².